The van der Waals surface area contributed by atoms with Crippen molar-refractivity contribution in [3.8, 4) is 0 Å². The molecule has 0 spiro atoms. The first kappa shape index (κ1) is 17.3. The molecule has 0 aliphatic heterocycles. The minimum absolute atomic E-state index is 0.292. The monoisotopic (exact) mass is 238 g/mol. The maximum atomic E-state index is 10.2. The van der Waals surface area contributed by atoms with Gasteiger partial charge in [-0.15, -0.1) is 13.2 Å². The zero-order valence-electron chi connectivity index (χ0n) is 9.93. The molecule has 1 rings (SSSR count). The molecular formula is C13H18O4. The van der Waals surface area contributed by atoms with Crippen LogP contribution in [0.2, 0.25) is 0 Å². The fourth-order valence-corrected chi connectivity index (χ4v) is 0.795. The number of aromatic carboxylic acids is 1. The Kier molecular flexibility index (Phi) is 12.2. The molecule has 0 aliphatic rings. The van der Waals surface area contributed by atoms with E-state index < -0.39 is 11.9 Å². The van der Waals surface area contributed by atoms with Gasteiger partial charge in [-0.2, -0.15) is 0 Å². The van der Waals surface area contributed by atoms with Gasteiger partial charge in [0.25, 0.3) is 0 Å². The number of aliphatic carboxylic acids is 1. The quantitative estimate of drug-likeness (QED) is 0.793. The summed E-state index contributed by atoms with van der Waals surface area (Å²) in [6, 6.07) is 8.30. The van der Waals surface area contributed by atoms with Crippen molar-refractivity contribution in [1.82, 2.24) is 0 Å². The van der Waals surface area contributed by atoms with E-state index in [9.17, 15) is 9.59 Å². The standard InChI is InChI=1S/C7H6O2.C4H8O2.C2H4/c8-7(9)6-4-2-1-3-5-6;1-2-3-4(5)6;1-2/h1-5H,(H,8,9);2-3H2,1H3,(H,5,6);1-2H2. The van der Waals surface area contributed by atoms with Crippen LogP contribution in [0.3, 0.4) is 0 Å². The predicted molar refractivity (Wildman–Crippen MR) is 67.2 cm³/mol. The van der Waals surface area contributed by atoms with Crippen LogP contribution in [-0.2, 0) is 4.79 Å². The summed E-state index contributed by atoms with van der Waals surface area (Å²) in [4.78, 5) is 19.8. The lowest BCUT2D eigenvalue weighted by Crippen LogP contribution is -1.93. The number of carbonyl (C=O) groups is 2. The third kappa shape index (κ3) is 11.8. The van der Waals surface area contributed by atoms with Gasteiger partial charge < -0.3 is 10.2 Å². The molecule has 1 aromatic rings. The van der Waals surface area contributed by atoms with E-state index in [1.807, 2.05) is 6.92 Å². The fourth-order valence-electron chi connectivity index (χ4n) is 0.795. The summed E-state index contributed by atoms with van der Waals surface area (Å²) in [5, 5.41) is 16.3. The second-order valence-electron chi connectivity index (χ2n) is 2.81. The molecule has 0 atom stereocenters. The van der Waals surface area contributed by atoms with Crippen LogP contribution in [0.4, 0.5) is 0 Å². The summed E-state index contributed by atoms with van der Waals surface area (Å²) < 4.78 is 0. The normalized spacial score (nSPS) is 7.82. The molecule has 2 N–H and O–H groups in total. The van der Waals surface area contributed by atoms with E-state index >= 15 is 0 Å². The molecule has 4 heteroatoms. The number of hydrogen-bond donors (Lipinski definition) is 2. The summed E-state index contributed by atoms with van der Waals surface area (Å²) in [7, 11) is 0. The molecule has 0 radical (unpaired) electrons. The van der Waals surface area contributed by atoms with Gasteiger partial charge in [-0.05, 0) is 18.6 Å². The van der Waals surface area contributed by atoms with Crippen molar-refractivity contribution in [3.63, 3.8) is 0 Å². The molecule has 0 saturated carbocycles. The summed E-state index contributed by atoms with van der Waals surface area (Å²) in [5.74, 6) is -1.59. The molecule has 0 aromatic heterocycles. The summed E-state index contributed by atoms with van der Waals surface area (Å²) in [5.41, 5.74) is 0.331. The highest BCUT2D eigenvalue weighted by atomic mass is 16.4. The van der Waals surface area contributed by atoms with Gasteiger partial charge >= 0.3 is 11.9 Å². The molecule has 0 unspecified atom stereocenters. The summed E-state index contributed by atoms with van der Waals surface area (Å²) >= 11 is 0. The molecule has 1 aromatic carbocycles. The average molecular weight is 238 g/mol. The van der Waals surface area contributed by atoms with Crippen LogP contribution in [0.1, 0.15) is 30.1 Å². The molecule has 4 nitrogen and oxygen atoms in total. The Bertz CT molecular complexity index is 319. The Hall–Kier alpha value is -2.10. The van der Waals surface area contributed by atoms with Gasteiger partial charge in [0, 0.05) is 6.42 Å². The van der Waals surface area contributed by atoms with E-state index in [2.05, 4.69) is 13.2 Å². The maximum Gasteiger partial charge on any atom is 0.335 e. The van der Waals surface area contributed by atoms with Crippen LogP contribution in [0.15, 0.2) is 43.5 Å². The van der Waals surface area contributed by atoms with Crippen LogP contribution in [0.5, 0.6) is 0 Å². The zero-order valence-corrected chi connectivity index (χ0v) is 9.93. The lowest BCUT2D eigenvalue weighted by Gasteiger charge is -1.88. The topological polar surface area (TPSA) is 74.6 Å². The smallest absolute Gasteiger partial charge is 0.335 e. The molecule has 0 saturated heterocycles. The largest absolute Gasteiger partial charge is 0.481 e. The van der Waals surface area contributed by atoms with Gasteiger partial charge in [0.15, 0.2) is 0 Å². The number of carboxylic acid groups (broad SMARTS) is 2. The highest BCUT2D eigenvalue weighted by Crippen LogP contribution is 1.96. The molecule has 0 amide bonds. The number of benzene rings is 1. The first-order valence-electron chi connectivity index (χ1n) is 5.08. The number of hydrogen-bond acceptors (Lipinski definition) is 2. The number of rotatable bonds is 3. The SMILES string of the molecule is C=C.CCCC(=O)O.O=C(O)c1ccccc1. The third-order valence-electron chi connectivity index (χ3n) is 1.48. The molecule has 0 fully saturated rings. The number of carboxylic acids is 2. The molecule has 94 valence electrons. The Balaban J connectivity index is 0. The van der Waals surface area contributed by atoms with Crippen LogP contribution >= 0.6 is 0 Å². The van der Waals surface area contributed by atoms with E-state index in [0.29, 0.717) is 12.0 Å². The Morgan fingerprint density at radius 3 is 1.76 bits per heavy atom. The highest BCUT2D eigenvalue weighted by Gasteiger charge is 1.96. The van der Waals surface area contributed by atoms with E-state index in [4.69, 9.17) is 10.2 Å². The molecule has 0 aliphatic carbocycles. The van der Waals surface area contributed by atoms with Crippen LogP contribution in [-0.4, -0.2) is 22.2 Å². The molecule has 0 bridgehead atoms. The predicted octanol–water partition coefficient (Wildman–Crippen LogP) is 3.06. The van der Waals surface area contributed by atoms with E-state index in [0.717, 1.165) is 6.42 Å². The Morgan fingerprint density at radius 1 is 1.12 bits per heavy atom. The lowest BCUT2D eigenvalue weighted by atomic mass is 10.2. The molecule has 17 heavy (non-hydrogen) atoms. The minimum Gasteiger partial charge on any atom is -0.481 e. The fraction of sp³-hybridized carbons (Fsp3) is 0.231. The van der Waals surface area contributed by atoms with Crippen molar-refractivity contribution in [1.29, 1.82) is 0 Å². The first-order valence-corrected chi connectivity index (χ1v) is 5.08. The van der Waals surface area contributed by atoms with E-state index in [1.165, 1.54) is 0 Å². The minimum atomic E-state index is -0.879. The second-order valence-corrected chi connectivity index (χ2v) is 2.81. The summed E-state index contributed by atoms with van der Waals surface area (Å²) in [6.45, 7) is 7.84. The van der Waals surface area contributed by atoms with Gasteiger partial charge in [0.1, 0.15) is 0 Å². The van der Waals surface area contributed by atoms with Crippen molar-refractivity contribution in [2.45, 2.75) is 19.8 Å². The third-order valence-corrected chi connectivity index (χ3v) is 1.48. The van der Waals surface area contributed by atoms with Crippen LogP contribution < -0.4 is 0 Å². The maximum absolute atomic E-state index is 10.2. The van der Waals surface area contributed by atoms with Crippen molar-refractivity contribution in [2.75, 3.05) is 0 Å². The van der Waals surface area contributed by atoms with Crippen LogP contribution in [0, 0.1) is 0 Å². The Labute approximate surface area is 101 Å². The summed E-state index contributed by atoms with van der Waals surface area (Å²) in [6.07, 6.45) is 1.02. The Morgan fingerprint density at radius 2 is 1.59 bits per heavy atom. The molecule has 0 heterocycles. The van der Waals surface area contributed by atoms with Gasteiger partial charge in [0.2, 0.25) is 0 Å². The van der Waals surface area contributed by atoms with Crippen molar-refractivity contribution >= 4 is 11.9 Å². The zero-order chi connectivity index (χ0) is 13.7. The van der Waals surface area contributed by atoms with Gasteiger partial charge in [-0.1, -0.05) is 25.1 Å². The van der Waals surface area contributed by atoms with Crippen molar-refractivity contribution in [3.05, 3.63) is 49.1 Å². The molecular weight excluding hydrogens is 220 g/mol. The van der Waals surface area contributed by atoms with Gasteiger partial charge in [-0.3, -0.25) is 4.79 Å². The average Bonchev–Trinajstić information content (AvgIpc) is 2.33. The lowest BCUT2D eigenvalue weighted by molar-refractivity contribution is -0.137. The van der Waals surface area contributed by atoms with Crippen molar-refractivity contribution in [2.24, 2.45) is 0 Å². The second kappa shape index (κ2) is 12.0. The van der Waals surface area contributed by atoms with Gasteiger partial charge in [0.05, 0.1) is 5.56 Å². The van der Waals surface area contributed by atoms with E-state index in [-0.39, 0.29) is 0 Å². The van der Waals surface area contributed by atoms with Crippen LogP contribution in [0.25, 0.3) is 0 Å². The van der Waals surface area contributed by atoms with E-state index in [1.54, 1.807) is 30.3 Å². The van der Waals surface area contributed by atoms with Crippen molar-refractivity contribution < 1.29 is 19.8 Å². The van der Waals surface area contributed by atoms with Gasteiger partial charge in [-0.25, -0.2) is 4.79 Å². The first-order chi connectivity index (χ1) is 8.07. The highest BCUT2D eigenvalue weighted by molar-refractivity contribution is 5.87.